The highest BCUT2D eigenvalue weighted by molar-refractivity contribution is 5.98. The molecule has 0 unspecified atom stereocenters. The van der Waals surface area contributed by atoms with Crippen molar-refractivity contribution in [3.63, 3.8) is 0 Å². The Morgan fingerprint density at radius 2 is 0.706 bits per heavy atom. The summed E-state index contributed by atoms with van der Waals surface area (Å²) in [5, 5.41) is 27.0. The van der Waals surface area contributed by atoms with Gasteiger partial charge in [-0.1, -0.05) is 97.1 Å². The van der Waals surface area contributed by atoms with E-state index in [2.05, 4.69) is 0 Å². The van der Waals surface area contributed by atoms with Crippen molar-refractivity contribution < 1.29 is 19.8 Å². The lowest BCUT2D eigenvalue weighted by Gasteiger charge is -2.60. The van der Waals surface area contributed by atoms with E-state index < -0.39 is 34.6 Å². The molecular weight excluding hydrogens is 424 g/mol. The number of carbonyl (C=O) groups is 2. The number of aliphatic carboxylic acids is 2. The summed E-state index contributed by atoms with van der Waals surface area (Å²) < 4.78 is 0. The molecule has 0 N–H and O–H groups in total. The second-order valence-electron chi connectivity index (χ2n) is 9.41. The van der Waals surface area contributed by atoms with Crippen molar-refractivity contribution in [3.05, 3.63) is 142 Å². The van der Waals surface area contributed by atoms with Gasteiger partial charge in [-0.15, -0.1) is 0 Å². The molecule has 0 heterocycles. The number of carboxylic acid groups (broad SMARTS) is 2. The largest absolute Gasteiger partial charge is 0.549 e. The minimum absolute atomic E-state index is 0.596. The van der Waals surface area contributed by atoms with Crippen LogP contribution in [0.25, 0.3) is 0 Å². The summed E-state index contributed by atoms with van der Waals surface area (Å²) in [6.07, 6.45) is 0. The molecule has 34 heavy (non-hydrogen) atoms. The van der Waals surface area contributed by atoms with Gasteiger partial charge in [-0.2, -0.15) is 0 Å². The fourth-order valence-corrected chi connectivity index (χ4v) is 7.29. The van der Waals surface area contributed by atoms with Gasteiger partial charge >= 0.3 is 0 Å². The van der Waals surface area contributed by atoms with Crippen LogP contribution in [-0.2, 0) is 20.4 Å². The van der Waals surface area contributed by atoms with Crippen LogP contribution < -0.4 is 10.2 Å². The summed E-state index contributed by atoms with van der Waals surface area (Å²) in [5.41, 5.74) is 2.13. The molecule has 0 saturated heterocycles. The highest BCUT2D eigenvalue weighted by atomic mass is 16.4. The van der Waals surface area contributed by atoms with Crippen LogP contribution in [-0.4, -0.2) is 11.9 Å². The first kappa shape index (κ1) is 19.3. The number of rotatable bonds is 2. The number of carboxylic acids is 2. The summed E-state index contributed by atoms with van der Waals surface area (Å²) >= 11 is 0. The topological polar surface area (TPSA) is 80.3 Å². The molecule has 0 atom stereocenters. The van der Waals surface area contributed by atoms with Crippen LogP contribution in [0.2, 0.25) is 0 Å². The molecule has 4 nitrogen and oxygen atoms in total. The third-order valence-corrected chi connectivity index (χ3v) is 8.30. The molecule has 10 rings (SSSR count). The fourth-order valence-electron chi connectivity index (χ4n) is 7.29. The van der Waals surface area contributed by atoms with Gasteiger partial charge < -0.3 is 19.8 Å². The van der Waals surface area contributed by atoms with Crippen LogP contribution in [0.15, 0.2) is 97.1 Å². The molecule has 0 amide bonds. The van der Waals surface area contributed by atoms with E-state index in [-0.39, 0.29) is 0 Å². The zero-order valence-electron chi connectivity index (χ0n) is 18.0. The molecule has 4 aromatic rings. The normalized spacial score (nSPS) is 26.9. The Morgan fingerprint density at radius 3 is 0.941 bits per heavy atom. The summed E-state index contributed by atoms with van der Waals surface area (Å²) in [6.45, 7) is 0. The quantitative estimate of drug-likeness (QED) is 0.477. The third-order valence-electron chi connectivity index (χ3n) is 8.30. The van der Waals surface area contributed by atoms with Crippen LogP contribution in [0.3, 0.4) is 0 Å². The van der Waals surface area contributed by atoms with Crippen LogP contribution in [0.1, 0.15) is 56.3 Å². The predicted molar refractivity (Wildman–Crippen MR) is 121 cm³/mol. The van der Waals surface area contributed by atoms with Gasteiger partial charge in [0.1, 0.15) is 0 Å². The second kappa shape index (κ2) is 6.23. The molecule has 0 aromatic heterocycles. The summed E-state index contributed by atoms with van der Waals surface area (Å²) in [5.74, 6) is -3.71. The maximum absolute atomic E-state index is 13.5. The van der Waals surface area contributed by atoms with E-state index in [0.29, 0.717) is 44.5 Å². The van der Waals surface area contributed by atoms with Gasteiger partial charge in [0.2, 0.25) is 0 Å². The van der Waals surface area contributed by atoms with E-state index in [0.717, 1.165) is 0 Å². The molecule has 0 spiro atoms. The third kappa shape index (κ3) is 1.86. The molecular formula is C30H18O4-2. The smallest absolute Gasteiger partial charge is 0.0712 e. The van der Waals surface area contributed by atoms with Gasteiger partial charge in [-0.05, 0) is 44.5 Å². The van der Waals surface area contributed by atoms with Crippen molar-refractivity contribution >= 4 is 11.9 Å². The van der Waals surface area contributed by atoms with Gasteiger partial charge in [-0.25, -0.2) is 0 Å². The molecule has 0 fully saturated rings. The maximum atomic E-state index is 13.5. The van der Waals surface area contributed by atoms with Crippen LogP contribution in [0, 0.1) is 0 Å². The lowest BCUT2D eigenvalue weighted by Crippen LogP contribution is -2.63. The van der Waals surface area contributed by atoms with E-state index >= 15 is 0 Å². The van der Waals surface area contributed by atoms with Crippen molar-refractivity contribution in [2.45, 2.75) is 22.7 Å². The molecule has 6 aliphatic carbocycles. The molecule has 164 valence electrons. The number of benzene rings is 4. The number of hydrogen-bond acceptors (Lipinski definition) is 4. The highest BCUT2D eigenvalue weighted by Crippen LogP contribution is 2.67. The lowest BCUT2D eigenvalue weighted by molar-refractivity contribution is -0.313. The average molecular weight is 442 g/mol. The first-order valence-electron chi connectivity index (χ1n) is 11.4. The first-order valence-corrected chi connectivity index (χ1v) is 11.4. The predicted octanol–water partition coefficient (Wildman–Crippen LogP) is 2.36. The zero-order valence-corrected chi connectivity index (χ0v) is 18.0. The monoisotopic (exact) mass is 442 g/mol. The van der Waals surface area contributed by atoms with Crippen molar-refractivity contribution in [1.82, 2.24) is 0 Å². The number of carbonyl (C=O) groups excluding carboxylic acids is 2. The maximum Gasteiger partial charge on any atom is 0.0712 e. The van der Waals surface area contributed by atoms with Crippen molar-refractivity contribution in [3.8, 4) is 0 Å². The Kier molecular flexibility index (Phi) is 3.54. The van der Waals surface area contributed by atoms with Gasteiger partial charge in [0.15, 0.2) is 0 Å². The van der Waals surface area contributed by atoms with E-state index in [1.807, 2.05) is 97.1 Å². The Hall–Kier alpha value is -4.18. The molecule has 0 aliphatic heterocycles. The Bertz CT molecular complexity index is 1340. The highest BCUT2D eigenvalue weighted by Gasteiger charge is 2.63. The van der Waals surface area contributed by atoms with E-state index in [1.165, 1.54) is 0 Å². The van der Waals surface area contributed by atoms with E-state index in [9.17, 15) is 19.8 Å². The second-order valence-corrected chi connectivity index (χ2v) is 9.41. The summed E-state index contributed by atoms with van der Waals surface area (Å²) in [7, 11) is 0. The Labute approximate surface area is 196 Å². The molecule has 4 heteroatoms. The van der Waals surface area contributed by atoms with Crippen LogP contribution >= 0.6 is 0 Å². The molecule has 0 radical (unpaired) electrons. The van der Waals surface area contributed by atoms with Gasteiger partial charge in [-0.3, -0.25) is 0 Å². The lowest BCUT2D eigenvalue weighted by atomic mass is 9.42. The van der Waals surface area contributed by atoms with Gasteiger partial charge in [0, 0.05) is 11.8 Å². The SMILES string of the molecule is O=C([O-])C12c3ccccc3C(c3ccccc31)C1(C(=O)[O-])c3ccccc3C2c2ccccc21. The minimum atomic E-state index is -1.52. The number of hydrogen-bond donors (Lipinski definition) is 0. The molecule has 4 aromatic carbocycles. The Morgan fingerprint density at radius 1 is 0.471 bits per heavy atom. The van der Waals surface area contributed by atoms with Gasteiger partial charge in [0.25, 0.3) is 0 Å². The summed E-state index contributed by atoms with van der Waals surface area (Å²) in [4.78, 5) is 27.0. The average Bonchev–Trinajstić information content (AvgIpc) is 2.84. The molecule has 6 aliphatic rings. The van der Waals surface area contributed by atoms with Crippen LogP contribution in [0.4, 0.5) is 0 Å². The van der Waals surface area contributed by atoms with Gasteiger partial charge in [0.05, 0.1) is 22.8 Å². The minimum Gasteiger partial charge on any atom is -0.549 e. The van der Waals surface area contributed by atoms with Crippen molar-refractivity contribution in [2.75, 3.05) is 0 Å². The fraction of sp³-hybridized carbons (Fsp3) is 0.133. The van der Waals surface area contributed by atoms with Crippen molar-refractivity contribution in [2.24, 2.45) is 0 Å². The Balaban J connectivity index is 1.83. The standard InChI is InChI=1S/C30H20O4/c31-27(32)29-21-13-5-1-9-17(21)25(18-10-2-6-14-22(18)29)30(28(33)34)23-15-7-3-11-19(23)26(29)20-12-4-8-16-24(20)30/h1-16,25-26H,(H,31,32)(H,33,34)/p-2. The molecule has 0 saturated carbocycles. The molecule has 4 bridgehead atoms. The zero-order chi connectivity index (χ0) is 23.2. The van der Waals surface area contributed by atoms with E-state index in [4.69, 9.17) is 0 Å². The summed E-state index contributed by atoms with van der Waals surface area (Å²) in [6, 6.07) is 29.4. The van der Waals surface area contributed by atoms with E-state index in [1.54, 1.807) is 0 Å². The van der Waals surface area contributed by atoms with Crippen LogP contribution in [0.5, 0.6) is 0 Å². The first-order chi connectivity index (χ1) is 16.6. The van der Waals surface area contributed by atoms with Crippen molar-refractivity contribution in [1.29, 1.82) is 0 Å².